The number of carbonyl (C=O) groups excluding carboxylic acids is 1. The van der Waals surface area contributed by atoms with E-state index in [0.717, 1.165) is 12.1 Å². The first-order chi connectivity index (χ1) is 28.4. The van der Waals surface area contributed by atoms with Gasteiger partial charge >= 0.3 is 6.09 Å². The molecule has 13 nitrogen and oxygen atoms in total. The number of hydrogen-bond acceptors (Lipinski definition) is 11. The number of hydrogen-bond donors (Lipinski definition) is 3. The average molecular weight is 714 g/mol. The zero-order valence-corrected chi connectivity index (χ0v) is 26.9. The molecule has 258 valence electrons. The summed E-state index contributed by atoms with van der Waals surface area (Å²) in [4.78, 5) is 17.1. The van der Waals surface area contributed by atoms with Gasteiger partial charge in [0.05, 0.1) is 65.4 Å². The number of aryl methyl sites for hydroxylation is 1. The summed E-state index contributed by atoms with van der Waals surface area (Å²) in [7, 11) is -5.43. The number of aliphatic hydroxyl groups is 1. The molecular weight excluding hydrogens is 659 g/mol. The highest BCUT2D eigenvalue weighted by Gasteiger charge is 2.44. The van der Waals surface area contributed by atoms with Crippen molar-refractivity contribution in [1.82, 2.24) is 24.8 Å². The number of carbonyl (C=O) groups is 1. The number of aromatic nitrogens is 3. The number of nitrogens with zero attached hydrogens (tertiary/aromatic N) is 3. The molecule has 2 aliphatic rings. The standard InChI is InChI=1S/C33H41N5O8S2/c1-20(2)15-38(48(41,42)26-8-9-28-23(13-26)14-34-37-28)16-30(39)29(36-33(40)46-31-18-45-32-27(31)10-11-43-32)12-22-4-6-25(7-5-22)44-17-24-19-47-21(3)35-24/h4-9,13-14,19-20,27,29-32,39H,10-12,15-18H2,1-3H3,(H,34,37)(H,36,40)/t27-,29-,30+,31-,32+/m0/s1/i1D3,2D3,15D2,17D2,18D2,20D,31D. The number of H-pyrrole nitrogens is 1. The van der Waals surface area contributed by atoms with E-state index in [1.54, 1.807) is 6.92 Å². The van der Waals surface area contributed by atoms with E-state index >= 15 is 0 Å². The lowest BCUT2D eigenvalue weighted by Gasteiger charge is -2.31. The molecule has 4 heterocycles. The lowest BCUT2D eigenvalue weighted by atomic mass is 10.0. The Labute approximate surface area is 303 Å². The second-order valence-corrected chi connectivity index (χ2v) is 13.8. The fourth-order valence-electron chi connectivity index (χ4n) is 5.09. The first-order valence-electron chi connectivity index (χ1n) is 21.6. The van der Waals surface area contributed by atoms with Crippen molar-refractivity contribution in [3.63, 3.8) is 0 Å². The number of sulfonamides is 1. The largest absolute Gasteiger partial charge is 0.487 e. The number of benzene rings is 2. The zero-order chi connectivity index (χ0) is 46.1. The van der Waals surface area contributed by atoms with Crippen molar-refractivity contribution in [2.24, 2.45) is 11.8 Å². The molecule has 0 bridgehead atoms. The molecule has 48 heavy (non-hydrogen) atoms. The van der Waals surface area contributed by atoms with Crippen molar-refractivity contribution in [3.05, 3.63) is 70.3 Å². The van der Waals surface area contributed by atoms with E-state index in [1.807, 2.05) is 0 Å². The number of amides is 1. The minimum absolute atomic E-state index is 0.00277. The van der Waals surface area contributed by atoms with Crippen molar-refractivity contribution in [1.29, 1.82) is 0 Å². The minimum atomic E-state index is -5.43. The molecule has 0 aliphatic carbocycles. The fraction of sp³-hybridized carbons (Fsp3) is 0.485. The van der Waals surface area contributed by atoms with Gasteiger partial charge in [0, 0.05) is 36.1 Å². The van der Waals surface area contributed by atoms with Gasteiger partial charge in [-0.3, -0.25) is 5.10 Å². The van der Waals surface area contributed by atoms with Gasteiger partial charge in [0.1, 0.15) is 18.4 Å². The number of aromatic amines is 1. The second kappa shape index (κ2) is 14.9. The molecule has 2 fully saturated rings. The molecule has 0 unspecified atom stereocenters. The molecular formula is C33H41N5O8S2. The van der Waals surface area contributed by atoms with Crippen LogP contribution in [0, 0.1) is 18.7 Å². The highest BCUT2D eigenvalue weighted by molar-refractivity contribution is 7.89. The lowest BCUT2D eigenvalue weighted by molar-refractivity contribution is -0.0907. The van der Waals surface area contributed by atoms with Crippen molar-refractivity contribution in [3.8, 4) is 5.75 Å². The van der Waals surface area contributed by atoms with Gasteiger partial charge in [-0.1, -0.05) is 25.8 Å². The maximum absolute atomic E-state index is 14.5. The summed E-state index contributed by atoms with van der Waals surface area (Å²) >= 11 is 1.20. The number of rotatable bonds is 14. The molecule has 5 atom stereocenters. The molecule has 6 rings (SSSR count). The van der Waals surface area contributed by atoms with E-state index in [-0.39, 0.29) is 39.7 Å². The van der Waals surface area contributed by atoms with Crippen LogP contribution in [0.25, 0.3) is 10.9 Å². The maximum atomic E-state index is 14.5. The highest BCUT2D eigenvalue weighted by atomic mass is 32.2. The summed E-state index contributed by atoms with van der Waals surface area (Å²) < 4.78 is 167. The molecule has 2 aliphatic heterocycles. The van der Waals surface area contributed by atoms with Crippen LogP contribution in [0.15, 0.2) is 58.9 Å². The monoisotopic (exact) mass is 713 g/mol. The van der Waals surface area contributed by atoms with Crippen molar-refractivity contribution in [2.75, 3.05) is 26.2 Å². The van der Waals surface area contributed by atoms with Crippen LogP contribution in [0.2, 0.25) is 0 Å². The molecule has 0 saturated carbocycles. The van der Waals surface area contributed by atoms with Gasteiger partial charge in [-0.05, 0) is 61.6 Å². The van der Waals surface area contributed by atoms with Gasteiger partial charge < -0.3 is 29.4 Å². The van der Waals surface area contributed by atoms with Gasteiger partial charge in [0.15, 0.2) is 6.29 Å². The van der Waals surface area contributed by atoms with Crippen LogP contribution < -0.4 is 10.1 Å². The predicted octanol–water partition coefficient (Wildman–Crippen LogP) is 4.01. The third-order valence-corrected chi connectivity index (χ3v) is 9.93. The molecule has 0 spiro atoms. The van der Waals surface area contributed by atoms with Crippen LogP contribution in [-0.2, 0) is 37.2 Å². The number of thiazole rings is 1. The first-order valence-corrected chi connectivity index (χ1v) is 16.9. The van der Waals surface area contributed by atoms with Crippen LogP contribution in [0.5, 0.6) is 5.75 Å². The number of ether oxygens (including phenoxy) is 4. The topological polar surface area (TPSA) is 165 Å². The van der Waals surface area contributed by atoms with Gasteiger partial charge in [0.2, 0.25) is 10.0 Å². The van der Waals surface area contributed by atoms with Gasteiger partial charge in [-0.15, -0.1) is 11.3 Å². The van der Waals surface area contributed by atoms with Crippen LogP contribution in [0.1, 0.15) is 55.6 Å². The average Bonchev–Trinajstić information content (AvgIpc) is 3.96. The van der Waals surface area contributed by atoms with Gasteiger partial charge in [-0.2, -0.15) is 9.40 Å². The summed E-state index contributed by atoms with van der Waals surface area (Å²) in [5, 5.41) is 22.8. The number of nitrogens with one attached hydrogen (secondary N) is 2. The second-order valence-electron chi connectivity index (χ2n) is 10.9. The van der Waals surface area contributed by atoms with E-state index < -0.39 is 104 Å². The van der Waals surface area contributed by atoms with Gasteiger partial charge in [0.25, 0.3) is 0 Å². The number of fused-ring (bicyclic) bond motifs is 2. The normalized spacial score (nSPS) is 28.9. The minimum Gasteiger partial charge on any atom is -0.487 e. The smallest absolute Gasteiger partial charge is 0.407 e. The molecule has 0 radical (unpaired) electrons. The Hall–Kier alpha value is -3.60. The Morgan fingerprint density at radius 2 is 2.17 bits per heavy atom. The van der Waals surface area contributed by atoms with E-state index in [4.69, 9.17) is 38.1 Å². The lowest BCUT2D eigenvalue weighted by Crippen LogP contribution is -2.51. The molecule has 1 amide bonds. The van der Waals surface area contributed by atoms with Crippen LogP contribution in [0.4, 0.5) is 4.79 Å². The number of aliphatic hydroxyl groups excluding tert-OH is 1. The zero-order valence-electron chi connectivity index (χ0n) is 39.3. The van der Waals surface area contributed by atoms with Crippen LogP contribution in [-0.4, -0.2) is 89.8 Å². The molecule has 3 N–H and O–H groups in total. The van der Waals surface area contributed by atoms with Gasteiger partial charge in [-0.25, -0.2) is 18.2 Å². The van der Waals surface area contributed by atoms with E-state index in [0.29, 0.717) is 10.5 Å². The third kappa shape index (κ3) is 8.15. The molecule has 4 aromatic rings. The number of alkyl carbamates (subject to hydrolysis) is 1. The van der Waals surface area contributed by atoms with Crippen LogP contribution in [0.3, 0.4) is 0 Å². The Balaban J connectivity index is 1.38. The Kier molecular flexibility index (Phi) is 6.45. The molecule has 2 saturated heterocycles. The molecule has 15 heteroatoms. The SMILES string of the molecule is [2H]C([2H])(Oc1ccc(C[C@H](NC(=O)O[C@]2([2H])[C@@H]3CCO[C@@H]3OC2([2H])[2H])[C@H](O)CN(C([2H])([2H])C([2H])(C([2H])([2H])[2H])C([2H])([2H])[2H])S(=O)(=O)c2ccc3[nH]ncc3c2)cc1)c1csc(C)n1. The Morgan fingerprint density at radius 3 is 2.94 bits per heavy atom. The van der Waals surface area contributed by atoms with E-state index in [2.05, 4.69) is 20.5 Å². The van der Waals surface area contributed by atoms with E-state index in [1.165, 1.54) is 53.2 Å². The Bertz CT molecular complexity index is 2370. The van der Waals surface area contributed by atoms with Crippen LogP contribution >= 0.6 is 11.3 Å². The predicted molar refractivity (Wildman–Crippen MR) is 178 cm³/mol. The molecule has 2 aromatic carbocycles. The highest BCUT2D eigenvalue weighted by Crippen LogP contribution is 2.33. The fourth-order valence-corrected chi connectivity index (χ4v) is 6.95. The summed E-state index contributed by atoms with van der Waals surface area (Å²) in [6, 6.07) is 6.80. The van der Waals surface area contributed by atoms with Crippen molar-refractivity contribution in [2.45, 2.75) is 69.4 Å². The summed E-state index contributed by atoms with van der Waals surface area (Å²) in [6.45, 7) is -17.3. The maximum Gasteiger partial charge on any atom is 0.407 e. The van der Waals surface area contributed by atoms with Crippen molar-refractivity contribution >= 4 is 38.4 Å². The third-order valence-electron chi connectivity index (χ3n) is 7.48. The summed E-state index contributed by atoms with van der Waals surface area (Å²) in [5.74, 6) is -5.31. The first kappa shape index (κ1) is 20.8. The Morgan fingerprint density at radius 1 is 1.33 bits per heavy atom. The van der Waals surface area contributed by atoms with Crippen molar-refractivity contribution < 1.29 is 56.5 Å². The molecule has 2 aromatic heterocycles. The summed E-state index contributed by atoms with van der Waals surface area (Å²) in [5.41, 5.74) is 0.554. The summed E-state index contributed by atoms with van der Waals surface area (Å²) in [6.07, 6.45) is -7.05. The van der Waals surface area contributed by atoms with E-state index in [9.17, 15) is 18.3 Å². The quantitative estimate of drug-likeness (QED) is 0.174.